The molecular formula is C25H32N2O3S. The molecule has 5 nitrogen and oxygen atoms in total. The lowest BCUT2D eigenvalue weighted by atomic mass is 9.78. The van der Waals surface area contributed by atoms with E-state index in [4.69, 9.17) is 4.74 Å². The molecule has 31 heavy (non-hydrogen) atoms. The van der Waals surface area contributed by atoms with E-state index < -0.39 is 6.10 Å². The number of aliphatic hydroxyl groups excluding tert-OH is 1. The second-order valence-electron chi connectivity index (χ2n) is 8.89. The van der Waals surface area contributed by atoms with Crippen LogP contribution in [0, 0.1) is 18.8 Å². The highest BCUT2D eigenvalue weighted by atomic mass is 32.2. The molecule has 1 aliphatic carbocycles. The highest BCUT2D eigenvalue weighted by Gasteiger charge is 2.42. The molecule has 4 rings (SSSR count). The highest BCUT2D eigenvalue weighted by Crippen LogP contribution is 2.40. The molecule has 1 heterocycles. The van der Waals surface area contributed by atoms with Crippen molar-refractivity contribution in [2.75, 3.05) is 24.7 Å². The molecule has 2 aliphatic rings. The number of carbonyl (C=O) groups excluding carboxylic acids is 1. The fraction of sp³-hybridized carbons (Fsp3) is 0.480. The fourth-order valence-corrected chi connectivity index (χ4v) is 5.75. The Morgan fingerprint density at radius 1 is 1.16 bits per heavy atom. The number of likely N-dealkylation sites (tertiary alicyclic amines) is 1. The molecule has 4 atom stereocenters. The Kier molecular flexibility index (Phi) is 6.89. The van der Waals surface area contributed by atoms with E-state index in [0.29, 0.717) is 11.8 Å². The lowest BCUT2D eigenvalue weighted by Crippen LogP contribution is -2.42. The van der Waals surface area contributed by atoms with Crippen molar-refractivity contribution >= 4 is 23.4 Å². The summed E-state index contributed by atoms with van der Waals surface area (Å²) in [5, 5.41) is 13.6. The number of fused-ring (bicyclic) bond motifs is 1. The first-order valence-electron chi connectivity index (χ1n) is 11.0. The first kappa shape index (κ1) is 22.2. The molecule has 2 aromatic carbocycles. The van der Waals surface area contributed by atoms with Crippen LogP contribution < -0.4 is 10.1 Å². The molecule has 0 radical (unpaired) electrons. The summed E-state index contributed by atoms with van der Waals surface area (Å²) in [6, 6.07) is 14.2. The maximum atomic E-state index is 11.2. The molecule has 1 aliphatic heterocycles. The molecule has 166 valence electrons. The number of ether oxygens (including phenoxy) is 1. The molecule has 6 heteroatoms. The van der Waals surface area contributed by atoms with Crippen LogP contribution in [-0.2, 0) is 11.3 Å². The van der Waals surface area contributed by atoms with E-state index in [1.165, 1.54) is 18.1 Å². The van der Waals surface area contributed by atoms with Crippen LogP contribution in [0.2, 0.25) is 0 Å². The van der Waals surface area contributed by atoms with E-state index in [0.717, 1.165) is 48.8 Å². The summed E-state index contributed by atoms with van der Waals surface area (Å²) in [5.41, 5.74) is 3.28. The van der Waals surface area contributed by atoms with Gasteiger partial charge in [-0.2, -0.15) is 0 Å². The summed E-state index contributed by atoms with van der Waals surface area (Å²) in [6.45, 7) is 6.56. The molecule has 2 fully saturated rings. The van der Waals surface area contributed by atoms with Gasteiger partial charge in [-0.15, -0.1) is 11.8 Å². The molecule has 0 unspecified atom stereocenters. The minimum absolute atomic E-state index is 0.0537. The van der Waals surface area contributed by atoms with Gasteiger partial charge in [-0.25, -0.2) is 0 Å². The first-order chi connectivity index (χ1) is 14.9. The third kappa shape index (κ3) is 5.25. The van der Waals surface area contributed by atoms with E-state index in [2.05, 4.69) is 41.6 Å². The van der Waals surface area contributed by atoms with E-state index in [-0.39, 0.29) is 12.0 Å². The molecule has 1 saturated carbocycles. The average Bonchev–Trinajstić information content (AvgIpc) is 3.10. The minimum Gasteiger partial charge on any atom is -0.487 e. The van der Waals surface area contributed by atoms with Crippen LogP contribution in [0.5, 0.6) is 5.75 Å². The number of thioether (sulfide) groups is 1. The van der Waals surface area contributed by atoms with Gasteiger partial charge in [-0.1, -0.05) is 24.3 Å². The summed E-state index contributed by atoms with van der Waals surface area (Å²) in [5.74, 6) is 1.91. The Labute approximate surface area is 189 Å². The van der Waals surface area contributed by atoms with Gasteiger partial charge in [0, 0.05) is 32.2 Å². The summed E-state index contributed by atoms with van der Waals surface area (Å²) >= 11 is 1.70. The van der Waals surface area contributed by atoms with Gasteiger partial charge >= 0.3 is 0 Å². The number of benzene rings is 2. The number of hydrogen-bond acceptors (Lipinski definition) is 5. The van der Waals surface area contributed by atoms with Crippen LogP contribution in [0.1, 0.15) is 30.9 Å². The number of rotatable bonds is 6. The second kappa shape index (κ2) is 9.63. The van der Waals surface area contributed by atoms with E-state index in [1.807, 2.05) is 24.3 Å². The van der Waals surface area contributed by atoms with Crippen LogP contribution in [0.3, 0.4) is 0 Å². The van der Waals surface area contributed by atoms with Gasteiger partial charge in [-0.05, 0) is 67.2 Å². The van der Waals surface area contributed by atoms with Gasteiger partial charge in [0.15, 0.2) is 0 Å². The Bertz CT molecular complexity index is 917. The van der Waals surface area contributed by atoms with Gasteiger partial charge in [0.05, 0.1) is 11.0 Å². The number of aliphatic hydroxyl groups is 1. The van der Waals surface area contributed by atoms with Gasteiger partial charge in [0.2, 0.25) is 5.91 Å². The van der Waals surface area contributed by atoms with Crippen molar-refractivity contribution in [2.45, 2.75) is 50.3 Å². The van der Waals surface area contributed by atoms with Gasteiger partial charge < -0.3 is 15.2 Å². The zero-order valence-electron chi connectivity index (χ0n) is 18.5. The van der Waals surface area contributed by atoms with E-state index in [1.54, 1.807) is 11.8 Å². The minimum atomic E-state index is -0.423. The Morgan fingerprint density at radius 3 is 2.55 bits per heavy atom. The van der Waals surface area contributed by atoms with Crippen molar-refractivity contribution < 1.29 is 14.6 Å². The number of hydrogen-bond donors (Lipinski definition) is 2. The van der Waals surface area contributed by atoms with Gasteiger partial charge in [0.1, 0.15) is 11.9 Å². The third-order valence-electron chi connectivity index (χ3n) is 6.50. The smallest absolute Gasteiger partial charge is 0.221 e. The quantitative estimate of drug-likeness (QED) is 0.655. The molecule has 0 aromatic heterocycles. The van der Waals surface area contributed by atoms with Crippen LogP contribution in [0.15, 0.2) is 47.4 Å². The maximum absolute atomic E-state index is 11.2. The number of anilines is 1. The third-order valence-corrected chi connectivity index (χ3v) is 7.43. The lowest BCUT2D eigenvalue weighted by molar-refractivity contribution is -0.114. The van der Waals surface area contributed by atoms with Gasteiger partial charge in [0.25, 0.3) is 0 Å². The van der Waals surface area contributed by atoms with Crippen molar-refractivity contribution in [1.29, 1.82) is 0 Å². The van der Waals surface area contributed by atoms with Crippen LogP contribution >= 0.6 is 11.8 Å². The van der Waals surface area contributed by atoms with Crippen molar-refractivity contribution in [3.63, 3.8) is 0 Å². The van der Waals surface area contributed by atoms with E-state index >= 15 is 0 Å². The Hall–Kier alpha value is -2.02. The van der Waals surface area contributed by atoms with Crippen LogP contribution in [0.25, 0.3) is 0 Å². The van der Waals surface area contributed by atoms with Crippen molar-refractivity contribution in [3.05, 3.63) is 53.6 Å². The van der Waals surface area contributed by atoms with Gasteiger partial charge in [-0.3, -0.25) is 9.69 Å². The van der Waals surface area contributed by atoms with Crippen molar-refractivity contribution in [1.82, 2.24) is 4.90 Å². The fourth-order valence-electron chi connectivity index (χ4n) is 5.04. The summed E-state index contributed by atoms with van der Waals surface area (Å²) in [4.78, 5) is 14.8. The number of nitrogens with one attached hydrogen (secondary N) is 1. The number of aryl methyl sites for hydroxylation is 1. The normalized spacial score (nSPS) is 25.8. The first-order valence-corrected chi connectivity index (χ1v) is 12.2. The zero-order chi connectivity index (χ0) is 22.0. The lowest BCUT2D eigenvalue weighted by Gasteiger charge is -2.35. The number of nitrogens with zero attached hydrogens (tertiary/aromatic N) is 1. The second-order valence-corrected chi connectivity index (χ2v) is 9.71. The van der Waals surface area contributed by atoms with Crippen molar-refractivity contribution in [3.8, 4) is 5.75 Å². The number of amides is 1. The predicted molar refractivity (Wildman–Crippen MR) is 126 cm³/mol. The highest BCUT2D eigenvalue weighted by molar-refractivity contribution is 7.98. The Balaban J connectivity index is 1.37. The monoisotopic (exact) mass is 440 g/mol. The molecular weight excluding hydrogens is 408 g/mol. The largest absolute Gasteiger partial charge is 0.487 e. The molecule has 1 saturated heterocycles. The zero-order valence-corrected chi connectivity index (χ0v) is 19.3. The topological polar surface area (TPSA) is 61.8 Å². The molecule has 1 amide bonds. The van der Waals surface area contributed by atoms with Crippen molar-refractivity contribution in [2.24, 2.45) is 11.8 Å². The maximum Gasteiger partial charge on any atom is 0.221 e. The van der Waals surface area contributed by atoms with E-state index in [9.17, 15) is 9.90 Å². The summed E-state index contributed by atoms with van der Waals surface area (Å²) in [7, 11) is 0. The van der Waals surface area contributed by atoms with Crippen LogP contribution in [0.4, 0.5) is 5.69 Å². The molecule has 2 N–H and O–H groups in total. The van der Waals surface area contributed by atoms with Crippen LogP contribution in [-0.4, -0.2) is 47.5 Å². The molecule has 0 spiro atoms. The SMILES string of the molecule is CSc1c(C)cccc1O[C@@H]1C[C@@H]2CN(Cc3ccc(NC(C)=O)cc3)C[C@@H]2C[C@H]1O. The molecule has 0 bridgehead atoms. The predicted octanol–water partition coefficient (Wildman–Crippen LogP) is 4.33. The average molecular weight is 441 g/mol. The summed E-state index contributed by atoms with van der Waals surface area (Å²) in [6.07, 6.45) is 3.19. The number of carbonyl (C=O) groups is 1. The molecule has 2 aromatic rings. The Morgan fingerprint density at radius 2 is 1.87 bits per heavy atom. The summed E-state index contributed by atoms with van der Waals surface area (Å²) < 4.78 is 6.35. The standard InChI is InChI=1S/C25H32N2O3S/c1-16-5-4-6-23(25(16)31-3)30-24-12-20-15-27(14-19(20)11-22(24)29)13-18-7-9-21(10-8-18)26-17(2)28/h4-10,19-20,22,24,29H,11-15H2,1-3H3,(H,26,28)/t19-,20+,22+,24+/m0/s1.